The van der Waals surface area contributed by atoms with E-state index in [1.54, 1.807) is 0 Å². The van der Waals surface area contributed by atoms with Crippen LogP contribution in [0.25, 0.3) is 0 Å². The van der Waals surface area contributed by atoms with Gasteiger partial charge in [0, 0.05) is 10.2 Å². The molecule has 0 heterocycles. The Hall–Kier alpha value is -2.14. The number of rotatable bonds is 5. The number of aryl methyl sites for hydroxylation is 3. The zero-order valence-corrected chi connectivity index (χ0v) is 15.7. The third-order valence-electron chi connectivity index (χ3n) is 3.74. The molecule has 0 aliphatic rings. The summed E-state index contributed by atoms with van der Waals surface area (Å²) < 4.78 is 0.988. The molecule has 2 aromatic carbocycles. The Balaban J connectivity index is 1.85. The molecular formula is C19H21BrN2O2. The maximum atomic E-state index is 12.0. The Kier molecular flexibility index (Phi) is 6.15. The van der Waals surface area contributed by atoms with Crippen LogP contribution < -0.4 is 10.6 Å². The molecule has 2 rings (SSSR count). The summed E-state index contributed by atoms with van der Waals surface area (Å²) in [6, 6.07) is 11.6. The largest absolute Gasteiger partial charge is 0.347 e. The minimum Gasteiger partial charge on any atom is -0.347 e. The maximum absolute atomic E-state index is 12.0. The van der Waals surface area contributed by atoms with Crippen molar-refractivity contribution in [1.29, 1.82) is 0 Å². The number of anilines is 1. The first-order chi connectivity index (χ1) is 11.3. The average Bonchev–Trinajstić information content (AvgIpc) is 2.52. The summed E-state index contributed by atoms with van der Waals surface area (Å²) in [6.07, 6.45) is 0.276. The molecule has 0 unspecified atom stereocenters. The lowest BCUT2D eigenvalue weighted by Gasteiger charge is -2.10. The van der Waals surface area contributed by atoms with Gasteiger partial charge in [-0.3, -0.25) is 9.59 Å². The molecule has 4 nitrogen and oxygen atoms in total. The van der Waals surface area contributed by atoms with Crippen LogP contribution in [0.2, 0.25) is 0 Å². The van der Waals surface area contributed by atoms with E-state index in [1.807, 2.05) is 57.2 Å². The van der Waals surface area contributed by atoms with E-state index in [9.17, 15) is 9.59 Å². The molecule has 0 aliphatic heterocycles. The van der Waals surface area contributed by atoms with Crippen molar-refractivity contribution in [3.8, 4) is 0 Å². The first-order valence-electron chi connectivity index (χ1n) is 7.74. The van der Waals surface area contributed by atoms with Gasteiger partial charge in [0.15, 0.2) is 0 Å². The second-order valence-corrected chi connectivity index (χ2v) is 6.75. The molecule has 0 bridgehead atoms. The van der Waals surface area contributed by atoms with Gasteiger partial charge in [-0.25, -0.2) is 0 Å². The van der Waals surface area contributed by atoms with E-state index in [-0.39, 0.29) is 24.8 Å². The predicted molar refractivity (Wildman–Crippen MR) is 100 cm³/mol. The summed E-state index contributed by atoms with van der Waals surface area (Å²) in [5.41, 5.74) is 4.92. The third kappa shape index (κ3) is 5.20. The lowest BCUT2D eigenvalue weighted by Crippen LogP contribution is -2.33. The van der Waals surface area contributed by atoms with E-state index in [0.717, 1.165) is 26.7 Å². The summed E-state index contributed by atoms with van der Waals surface area (Å²) in [5, 5.41) is 5.44. The molecule has 5 heteroatoms. The minimum atomic E-state index is -0.244. The van der Waals surface area contributed by atoms with Gasteiger partial charge in [0.1, 0.15) is 0 Å². The standard InChI is InChI=1S/C19H21BrN2O2/c1-12-4-5-13(2)15(8-12)10-18(23)21-11-19(24)22-16-6-7-17(20)14(3)9-16/h4-9H,10-11H2,1-3H3,(H,21,23)(H,22,24). The Morgan fingerprint density at radius 3 is 2.42 bits per heavy atom. The minimum absolute atomic E-state index is 0.0428. The van der Waals surface area contributed by atoms with Crippen molar-refractivity contribution in [2.45, 2.75) is 27.2 Å². The first kappa shape index (κ1) is 18.2. The van der Waals surface area contributed by atoms with Crippen molar-refractivity contribution in [2.75, 3.05) is 11.9 Å². The number of hydrogen-bond donors (Lipinski definition) is 2. The van der Waals surface area contributed by atoms with Gasteiger partial charge in [0.2, 0.25) is 11.8 Å². The van der Waals surface area contributed by atoms with Crippen LogP contribution in [0.3, 0.4) is 0 Å². The molecule has 24 heavy (non-hydrogen) atoms. The van der Waals surface area contributed by atoms with Gasteiger partial charge in [0.05, 0.1) is 13.0 Å². The zero-order chi connectivity index (χ0) is 17.7. The van der Waals surface area contributed by atoms with E-state index in [4.69, 9.17) is 0 Å². The van der Waals surface area contributed by atoms with Crippen LogP contribution in [-0.4, -0.2) is 18.4 Å². The van der Waals surface area contributed by atoms with E-state index < -0.39 is 0 Å². The van der Waals surface area contributed by atoms with E-state index >= 15 is 0 Å². The van der Waals surface area contributed by atoms with Gasteiger partial charge >= 0.3 is 0 Å². The summed E-state index contributed by atoms with van der Waals surface area (Å²) in [4.78, 5) is 24.0. The maximum Gasteiger partial charge on any atom is 0.243 e. The number of nitrogens with one attached hydrogen (secondary N) is 2. The summed E-state index contributed by atoms with van der Waals surface area (Å²) in [6.45, 7) is 5.88. The van der Waals surface area contributed by atoms with E-state index in [1.165, 1.54) is 0 Å². The molecule has 0 atom stereocenters. The molecule has 0 fully saturated rings. The Bertz CT molecular complexity index is 772. The highest BCUT2D eigenvalue weighted by Gasteiger charge is 2.09. The van der Waals surface area contributed by atoms with Crippen LogP contribution in [0.5, 0.6) is 0 Å². The fourth-order valence-electron chi connectivity index (χ4n) is 2.33. The number of amides is 2. The Morgan fingerprint density at radius 1 is 0.958 bits per heavy atom. The van der Waals surface area contributed by atoms with Crippen LogP contribution in [0.1, 0.15) is 22.3 Å². The molecule has 126 valence electrons. The molecule has 0 saturated heterocycles. The molecule has 0 aromatic heterocycles. The molecular weight excluding hydrogens is 368 g/mol. The molecule has 2 amide bonds. The van der Waals surface area contributed by atoms with Crippen molar-refractivity contribution in [1.82, 2.24) is 5.32 Å². The van der Waals surface area contributed by atoms with Crippen LogP contribution >= 0.6 is 15.9 Å². The zero-order valence-electron chi connectivity index (χ0n) is 14.1. The number of benzene rings is 2. The summed E-state index contributed by atoms with van der Waals surface area (Å²) in [5.74, 6) is -0.406. The van der Waals surface area contributed by atoms with Crippen molar-refractivity contribution >= 4 is 33.4 Å². The quantitative estimate of drug-likeness (QED) is 0.820. The van der Waals surface area contributed by atoms with Crippen molar-refractivity contribution in [2.24, 2.45) is 0 Å². The number of carbonyl (C=O) groups is 2. The summed E-state index contributed by atoms with van der Waals surface area (Å²) >= 11 is 3.42. The third-order valence-corrected chi connectivity index (χ3v) is 4.63. The highest BCUT2D eigenvalue weighted by atomic mass is 79.9. The fraction of sp³-hybridized carbons (Fsp3) is 0.263. The SMILES string of the molecule is Cc1ccc(C)c(CC(=O)NCC(=O)Nc2ccc(Br)c(C)c2)c1. The highest BCUT2D eigenvalue weighted by Crippen LogP contribution is 2.19. The number of hydrogen-bond acceptors (Lipinski definition) is 2. The van der Waals surface area contributed by atoms with Crippen LogP contribution in [0.15, 0.2) is 40.9 Å². The second-order valence-electron chi connectivity index (χ2n) is 5.90. The molecule has 0 saturated carbocycles. The Labute approximate surface area is 150 Å². The van der Waals surface area contributed by atoms with Crippen LogP contribution in [0, 0.1) is 20.8 Å². The van der Waals surface area contributed by atoms with Gasteiger partial charge in [0.25, 0.3) is 0 Å². The van der Waals surface area contributed by atoms with Gasteiger partial charge < -0.3 is 10.6 Å². The van der Waals surface area contributed by atoms with Crippen LogP contribution in [-0.2, 0) is 16.0 Å². The predicted octanol–water partition coefficient (Wildman–Crippen LogP) is 3.67. The normalized spacial score (nSPS) is 10.3. The van der Waals surface area contributed by atoms with E-state index in [2.05, 4.69) is 26.6 Å². The molecule has 0 radical (unpaired) electrons. The van der Waals surface area contributed by atoms with Crippen molar-refractivity contribution in [3.05, 3.63) is 63.1 Å². The molecule has 0 spiro atoms. The van der Waals surface area contributed by atoms with Gasteiger partial charge in [-0.1, -0.05) is 39.7 Å². The van der Waals surface area contributed by atoms with Gasteiger partial charge in [-0.2, -0.15) is 0 Å². The van der Waals surface area contributed by atoms with Gasteiger partial charge in [-0.05, 0) is 55.7 Å². The fourth-order valence-corrected chi connectivity index (χ4v) is 2.58. The van der Waals surface area contributed by atoms with Gasteiger partial charge in [-0.15, -0.1) is 0 Å². The van der Waals surface area contributed by atoms with Crippen LogP contribution in [0.4, 0.5) is 5.69 Å². The number of halogens is 1. The average molecular weight is 389 g/mol. The first-order valence-corrected chi connectivity index (χ1v) is 8.53. The smallest absolute Gasteiger partial charge is 0.243 e. The van der Waals surface area contributed by atoms with Crippen molar-refractivity contribution in [3.63, 3.8) is 0 Å². The Morgan fingerprint density at radius 2 is 1.71 bits per heavy atom. The lowest BCUT2D eigenvalue weighted by molar-refractivity contribution is -0.123. The molecule has 2 aromatic rings. The topological polar surface area (TPSA) is 58.2 Å². The molecule has 2 N–H and O–H groups in total. The number of carbonyl (C=O) groups excluding carboxylic acids is 2. The lowest BCUT2D eigenvalue weighted by atomic mass is 10.0. The van der Waals surface area contributed by atoms with Crippen molar-refractivity contribution < 1.29 is 9.59 Å². The molecule has 0 aliphatic carbocycles. The highest BCUT2D eigenvalue weighted by molar-refractivity contribution is 9.10. The van der Waals surface area contributed by atoms with E-state index in [0.29, 0.717) is 5.69 Å². The second kappa shape index (κ2) is 8.11. The summed E-state index contributed by atoms with van der Waals surface area (Å²) in [7, 11) is 0. The monoisotopic (exact) mass is 388 g/mol.